The molecule has 8 aromatic heterocycles. The Kier molecular flexibility index (Phi) is 34.6. The third kappa shape index (κ3) is 27.3. The molecule has 28 nitrogen and oxygen atoms in total. The van der Waals surface area contributed by atoms with Gasteiger partial charge in [0.05, 0.1) is 183 Å². The first kappa shape index (κ1) is 93.0. The third-order valence-electron chi connectivity index (χ3n) is 22.9. The van der Waals surface area contributed by atoms with Crippen LogP contribution in [-0.2, 0) is 83.0 Å². The SMILES string of the molecule is c1c[n+](Cc2cc(C[n+]3ccc(-c4cc[n+](-c5ccc6c(c5)OCCOCCOCCOCCO6)cc4)cc3)c(C[n+]3ccc(-c4cc[n+](-c5ccc6c(c5)OCCOCCOCCOCCO6)cc4)cc3)cc2C[n+]2ccc(-c3cc[n+](-c4ccc5c(c4)OCCOCCOCCOCCO5)cc3)cc2)ccc1-c1cc[n+](-c2ccc3c(c2)OCCOCCOCCOCCO3)cc1. The molecule has 134 heavy (non-hydrogen) atoms. The van der Waals surface area contributed by atoms with Crippen molar-refractivity contribution in [3.63, 3.8) is 0 Å². The van der Waals surface area contributed by atoms with Gasteiger partial charge in [0, 0.05) is 144 Å². The number of hydrogen-bond acceptors (Lipinski definition) is 20. The van der Waals surface area contributed by atoms with Gasteiger partial charge >= 0.3 is 0 Å². The Bertz CT molecular complexity index is 5110. The zero-order chi connectivity index (χ0) is 90.6. The number of fused-ring (bicyclic) bond motifs is 4. The molecule has 4 aliphatic rings. The topological polar surface area (TPSA) is 216 Å². The van der Waals surface area contributed by atoms with Crippen LogP contribution in [0.3, 0.4) is 0 Å². The van der Waals surface area contributed by atoms with Crippen LogP contribution in [0.15, 0.2) is 281 Å². The summed E-state index contributed by atoms with van der Waals surface area (Å²) in [6.45, 7) is 16.6. The van der Waals surface area contributed by atoms with Crippen molar-refractivity contribution in [2.24, 2.45) is 0 Å². The average Bonchev–Trinajstić information content (AvgIpc) is 0.789. The van der Waals surface area contributed by atoms with Crippen molar-refractivity contribution in [2.45, 2.75) is 26.2 Å². The molecular weight excluding hydrogens is 1710 g/mol. The summed E-state index contributed by atoms with van der Waals surface area (Å²) in [4.78, 5) is 0. The Labute approximate surface area is 781 Å². The van der Waals surface area contributed by atoms with Gasteiger partial charge in [0.1, 0.15) is 52.9 Å². The molecule has 0 fully saturated rings. The minimum atomic E-state index is 0.364. The maximum atomic E-state index is 6.26. The summed E-state index contributed by atoms with van der Waals surface area (Å²) < 4.78 is 136. The largest absolute Gasteiger partial charge is 0.487 e. The molecule has 17 rings (SSSR count). The Balaban J connectivity index is 0.663. The molecule has 0 radical (unpaired) electrons. The molecule has 0 amide bonds. The lowest BCUT2D eigenvalue weighted by molar-refractivity contribution is -0.695. The van der Waals surface area contributed by atoms with E-state index in [0.29, 0.717) is 284 Å². The number of aromatic nitrogens is 8. The van der Waals surface area contributed by atoms with Gasteiger partial charge in [-0.05, 0) is 80.9 Å². The highest BCUT2D eigenvalue weighted by Crippen LogP contribution is 2.34. The van der Waals surface area contributed by atoms with Crippen molar-refractivity contribution in [2.75, 3.05) is 211 Å². The van der Waals surface area contributed by atoms with Crippen LogP contribution in [0, 0.1) is 0 Å². The van der Waals surface area contributed by atoms with Crippen LogP contribution in [0.25, 0.3) is 67.3 Å². The average molecular weight is 1820 g/mol. The molecule has 0 saturated carbocycles. The van der Waals surface area contributed by atoms with E-state index in [0.717, 1.165) is 67.3 Å². The van der Waals surface area contributed by atoms with Crippen LogP contribution in [0.4, 0.5) is 0 Å². The summed E-state index contributed by atoms with van der Waals surface area (Å²) in [5.74, 6) is 5.10. The van der Waals surface area contributed by atoms with Crippen molar-refractivity contribution in [1.29, 1.82) is 0 Å². The second-order valence-corrected chi connectivity index (χ2v) is 32.1. The standard InChI is InChI=1S/C106H118N8O20/c1-5-99-103(131-69-61-123-53-45-115-41-49-119-57-65-127-99)75-95(1)111-33-17-87(18-34-111)83-9-25-107(26-10-83)79-91-73-93(81-109-29-13-85(14-30-109)89-21-37-113(38-22-89)97-3-7-101-105(77-97)133-71-63-125-55-47-117-43-51-121-59-67-129-101)94(82-110-31-15-86(16-32-110)90-23-39-114(40-24-90)98-4-8-102-106(78-98)134-72-64-126-56-48-118-44-52-122-60-68-130-102)74-92(91)80-108-27-11-84(12-28-108)88-19-35-112(36-20-88)96-2-6-100-104(76-96)132-70-62-124-54-46-116-42-50-120-58-66-128-100/h1-40,73-78H,41-72,79-82H2/q+8. The Morgan fingerprint density at radius 1 is 0.142 bits per heavy atom. The molecule has 694 valence electrons. The lowest BCUT2D eigenvalue weighted by Crippen LogP contribution is -2.39. The van der Waals surface area contributed by atoms with Gasteiger partial charge in [0.15, 0.2) is 171 Å². The fraction of sp³-hybridized carbons (Fsp3) is 0.340. The van der Waals surface area contributed by atoms with E-state index in [1.807, 2.05) is 72.8 Å². The highest BCUT2D eigenvalue weighted by Gasteiger charge is 2.26. The highest BCUT2D eigenvalue weighted by molar-refractivity contribution is 5.64. The maximum absolute atomic E-state index is 6.26. The van der Waals surface area contributed by atoms with Crippen molar-refractivity contribution in [1.82, 2.24) is 0 Å². The summed E-state index contributed by atoms with van der Waals surface area (Å²) in [6, 6.07) is 63.5. The van der Waals surface area contributed by atoms with Crippen molar-refractivity contribution < 1.29 is 131 Å². The number of benzene rings is 5. The van der Waals surface area contributed by atoms with E-state index in [-0.39, 0.29) is 0 Å². The van der Waals surface area contributed by atoms with Gasteiger partial charge in [-0.25, -0.2) is 18.3 Å². The fourth-order valence-corrected chi connectivity index (χ4v) is 15.8. The zero-order valence-electron chi connectivity index (χ0n) is 75.8. The number of rotatable bonds is 16. The normalized spacial score (nSPS) is 16.2. The molecule has 5 aromatic carbocycles. The maximum Gasteiger partial charge on any atom is 0.214 e. The first-order chi connectivity index (χ1) is 66.4. The van der Waals surface area contributed by atoms with Gasteiger partial charge in [-0.2, -0.15) is 18.3 Å². The van der Waals surface area contributed by atoms with E-state index in [9.17, 15) is 0 Å². The Hall–Kier alpha value is -12.8. The summed E-state index contributed by atoms with van der Waals surface area (Å²) in [5.41, 5.74) is 17.1. The van der Waals surface area contributed by atoms with Crippen LogP contribution in [0.2, 0.25) is 0 Å². The minimum absolute atomic E-state index is 0.364. The van der Waals surface area contributed by atoms with Gasteiger partial charge < -0.3 is 94.7 Å². The van der Waals surface area contributed by atoms with Crippen molar-refractivity contribution in [3.05, 3.63) is 303 Å². The molecule has 0 aliphatic carbocycles. The van der Waals surface area contributed by atoms with Gasteiger partial charge in [-0.3, -0.25) is 0 Å². The number of nitrogens with zero attached hydrogens (tertiary/aromatic N) is 8. The molecule has 0 spiro atoms. The quantitative estimate of drug-likeness (QED) is 0.0822. The van der Waals surface area contributed by atoms with Gasteiger partial charge in [-0.15, -0.1) is 0 Å². The minimum Gasteiger partial charge on any atom is -0.487 e. The Morgan fingerprint density at radius 2 is 0.284 bits per heavy atom. The smallest absolute Gasteiger partial charge is 0.214 e. The van der Waals surface area contributed by atoms with Crippen LogP contribution < -0.4 is 74.4 Å². The zero-order valence-corrected chi connectivity index (χ0v) is 75.8. The molecule has 13 aromatic rings. The number of pyridine rings is 8. The van der Waals surface area contributed by atoms with Crippen LogP contribution in [-0.4, -0.2) is 211 Å². The number of hydrogen-bond donors (Lipinski definition) is 0. The second kappa shape index (κ2) is 49.8. The summed E-state index contributed by atoms with van der Waals surface area (Å²) in [7, 11) is 0. The van der Waals surface area contributed by atoms with E-state index < -0.39 is 0 Å². The van der Waals surface area contributed by atoms with E-state index in [1.165, 1.54) is 22.3 Å². The molecule has 0 saturated heterocycles. The predicted molar refractivity (Wildman–Crippen MR) is 491 cm³/mol. The van der Waals surface area contributed by atoms with Gasteiger partial charge in [0.25, 0.3) is 0 Å². The predicted octanol–water partition coefficient (Wildman–Crippen LogP) is 10.1. The van der Waals surface area contributed by atoms with Crippen LogP contribution >= 0.6 is 0 Å². The second-order valence-electron chi connectivity index (χ2n) is 32.1. The monoisotopic (exact) mass is 1820 g/mol. The van der Waals surface area contributed by atoms with Crippen LogP contribution in [0.5, 0.6) is 46.0 Å². The van der Waals surface area contributed by atoms with E-state index >= 15 is 0 Å². The van der Waals surface area contributed by atoms with E-state index in [1.54, 1.807) is 0 Å². The summed E-state index contributed by atoms with van der Waals surface area (Å²) in [6.07, 6.45) is 34.1. The third-order valence-corrected chi connectivity index (χ3v) is 22.9. The molecule has 0 unspecified atom stereocenters. The Morgan fingerprint density at radius 3 is 0.448 bits per heavy atom. The van der Waals surface area contributed by atoms with E-state index in [4.69, 9.17) is 94.7 Å². The molecule has 0 N–H and O–H groups in total. The van der Waals surface area contributed by atoms with Crippen LogP contribution in [0.1, 0.15) is 22.3 Å². The molecule has 4 aliphatic heterocycles. The first-order valence-corrected chi connectivity index (χ1v) is 46.1. The lowest BCUT2D eigenvalue weighted by atomic mass is 9.96. The molecular formula is C106H118N8O20+8. The molecule has 28 heteroatoms. The van der Waals surface area contributed by atoms with Crippen molar-refractivity contribution >= 4 is 0 Å². The van der Waals surface area contributed by atoms with Gasteiger partial charge in [-0.1, -0.05) is 0 Å². The highest BCUT2D eigenvalue weighted by atomic mass is 16.6. The summed E-state index contributed by atoms with van der Waals surface area (Å²) in [5, 5.41) is 0. The number of ether oxygens (including phenoxy) is 20. The van der Waals surface area contributed by atoms with Crippen molar-refractivity contribution in [3.8, 4) is 113 Å². The van der Waals surface area contributed by atoms with E-state index in [2.05, 4.69) is 245 Å². The van der Waals surface area contributed by atoms with Gasteiger partial charge in [0.2, 0.25) is 22.7 Å². The first-order valence-electron chi connectivity index (χ1n) is 46.1. The molecule has 0 bridgehead atoms. The molecule has 12 heterocycles. The lowest BCUT2D eigenvalue weighted by Gasteiger charge is -2.13. The summed E-state index contributed by atoms with van der Waals surface area (Å²) >= 11 is 0. The fourth-order valence-electron chi connectivity index (χ4n) is 15.8. The molecule has 0 atom stereocenters.